The van der Waals surface area contributed by atoms with E-state index in [0.717, 1.165) is 11.4 Å². The maximum atomic E-state index is 12.6. The topological polar surface area (TPSA) is 73.2 Å². The lowest BCUT2D eigenvalue weighted by Crippen LogP contribution is -2.14. The Morgan fingerprint density at radius 3 is 2.58 bits per heavy atom. The molecule has 1 N–H and O–H groups in total. The van der Waals surface area contributed by atoms with Crippen LogP contribution in [0.4, 0.5) is 5.69 Å². The summed E-state index contributed by atoms with van der Waals surface area (Å²) in [5.74, 6) is 0.295. The maximum Gasteiger partial charge on any atom is 0.265 e. The fraction of sp³-hybridized carbons (Fsp3) is 0.118. The van der Waals surface area contributed by atoms with Crippen LogP contribution in [0.2, 0.25) is 0 Å². The molecular weight excluding hydrogens is 326 g/mol. The van der Waals surface area contributed by atoms with Crippen molar-refractivity contribution in [1.29, 1.82) is 0 Å². The molecule has 0 aliphatic carbocycles. The van der Waals surface area contributed by atoms with Gasteiger partial charge >= 0.3 is 0 Å². The van der Waals surface area contributed by atoms with E-state index >= 15 is 0 Å². The first-order valence-electron chi connectivity index (χ1n) is 7.28. The van der Waals surface area contributed by atoms with Crippen molar-refractivity contribution in [3.05, 3.63) is 66.5 Å². The highest BCUT2D eigenvalue weighted by Gasteiger charge is 2.19. The summed E-state index contributed by atoms with van der Waals surface area (Å²) >= 11 is 0. The number of nitrogens with one attached hydrogen (secondary N) is 1. The van der Waals surface area contributed by atoms with Crippen LogP contribution in [0.5, 0.6) is 5.75 Å². The Morgan fingerprint density at radius 1 is 1.08 bits per heavy atom. The zero-order valence-corrected chi connectivity index (χ0v) is 14.1. The summed E-state index contributed by atoms with van der Waals surface area (Å²) < 4.78 is 34.7. The highest BCUT2D eigenvalue weighted by molar-refractivity contribution is 7.92. The quantitative estimate of drug-likeness (QED) is 0.773. The minimum Gasteiger partial charge on any atom is -0.495 e. The second kappa shape index (κ2) is 6.37. The molecule has 0 spiro atoms. The van der Waals surface area contributed by atoms with Gasteiger partial charge in [0.05, 0.1) is 18.5 Å². The van der Waals surface area contributed by atoms with E-state index in [1.54, 1.807) is 47.3 Å². The first-order valence-corrected chi connectivity index (χ1v) is 8.76. The summed E-state index contributed by atoms with van der Waals surface area (Å²) in [4.78, 5) is 0.0909. The van der Waals surface area contributed by atoms with Crippen molar-refractivity contribution in [1.82, 2.24) is 9.78 Å². The van der Waals surface area contributed by atoms with Gasteiger partial charge in [0.2, 0.25) is 0 Å². The maximum absolute atomic E-state index is 12.6. The SMILES string of the molecule is COc1ccccc1S(=O)(=O)Nc1cccc(-n2nccc2C)c1. The third kappa shape index (κ3) is 3.11. The lowest BCUT2D eigenvalue weighted by atomic mass is 10.3. The smallest absolute Gasteiger partial charge is 0.265 e. The molecule has 0 unspecified atom stereocenters. The standard InChI is InChI=1S/C17H17N3O3S/c1-13-10-11-18-20(13)15-7-5-6-14(12-15)19-24(21,22)17-9-4-3-8-16(17)23-2/h3-12,19H,1-2H3. The number of hydrogen-bond acceptors (Lipinski definition) is 4. The fourth-order valence-electron chi connectivity index (χ4n) is 2.39. The van der Waals surface area contributed by atoms with Gasteiger partial charge in [-0.05, 0) is 43.3 Å². The first kappa shape index (κ1) is 16.1. The molecule has 0 bridgehead atoms. The molecule has 1 heterocycles. The van der Waals surface area contributed by atoms with Crippen LogP contribution in [0.25, 0.3) is 5.69 Å². The van der Waals surface area contributed by atoms with Crippen LogP contribution in [0.15, 0.2) is 65.7 Å². The van der Waals surface area contributed by atoms with Crippen molar-refractivity contribution >= 4 is 15.7 Å². The summed E-state index contributed by atoms with van der Waals surface area (Å²) in [5.41, 5.74) is 2.19. The second-order valence-corrected chi connectivity index (χ2v) is 6.84. The van der Waals surface area contributed by atoms with Crippen molar-refractivity contribution < 1.29 is 13.2 Å². The molecule has 0 atom stereocenters. The molecule has 6 nitrogen and oxygen atoms in total. The number of aryl methyl sites for hydroxylation is 1. The summed E-state index contributed by atoms with van der Waals surface area (Å²) in [6.07, 6.45) is 1.70. The molecule has 3 aromatic rings. The van der Waals surface area contributed by atoms with Crippen LogP contribution in [0.1, 0.15) is 5.69 Å². The highest BCUT2D eigenvalue weighted by Crippen LogP contribution is 2.26. The molecule has 2 aromatic carbocycles. The number of aromatic nitrogens is 2. The number of benzene rings is 2. The van der Waals surface area contributed by atoms with E-state index in [1.807, 2.05) is 19.1 Å². The number of sulfonamides is 1. The zero-order valence-electron chi connectivity index (χ0n) is 13.3. The number of ether oxygens (including phenoxy) is 1. The molecule has 0 amide bonds. The largest absolute Gasteiger partial charge is 0.495 e. The molecule has 0 radical (unpaired) electrons. The van der Waals surface area contributed by atoms with Crippen LogP contribution in [-0.4, -0.2) is 25.3 Å². The number of rotatable bonds is 5. The Balaban J connectivity index is 1.95. The molecule has 7 heteroatoms. The summed E-state index contributed by atoms with van der Waals surface area (Å²) in [6.45, 7) is 1.93. The van der Waals surface area contributed by atoms with Crippen molar-refractivity contribution in [2.24, 2.45) is 0 Å². The van der Waals surface area contributed by atoms with E-state index < -0.39 is 10.0 Å². The molecule has 124 valence electrons. The normalized spacial score (nSPS) is 11.2. The molecular formula is C17H17N3O3S. The van der Waals surface area contributed by atoms with E-state index in [9.17, 15) is 8.42 Å². The minimum absolute atomic E-state index is 0.0909. The molecule has 0 fully saturated rings. The molecule has 0 saturated heterocycles. The van der Waals surface area contributed by atoms with Gasteiger partial charge in [0.15, 0.2) is 0 Å². The van der Waals surface area contributed by atoms with Gasteiger partial charge < -0.3 is 4.74 Å². The molecule has 0 saturated carbocycles. The van der Waals surface area contributed by atoms with Gasteiger partial charge in [0.1, 0.15) is 10.6 Å². The molecule has 0 aliphatic heterocycles. The second-order valence-electron chi connectivity index (χ2n) is 5.19. The molecule has 0 aliphatic rings. The lowest BCUT2D eigenvalue weighted by molar-refractivity contribution is 0.403. The van der Waals surface area contributed by atoms with Gasteiger partial charge in [-0.15, -0.1) is 0 Å². The Kier molecular flexibility index (Phi) is 4.26. The third-order valence-electron chi connectivity index (χ3n) is 3.53. The van der Waals surface area contributed by atoms with Crippen molar-refractivity contribution in [2.45, 2.75) is 11.8 Å². The van der Waals surface area contributed by atoms with E-state index in [2.05, 4.69) is 9.82 Å². The predicted molar refractivity (Wildman–Crippen MR) is 92.1 cm³/mol. The number of para-hydroxylation sites is 1. The van der Waals surface area contributed by atoms with Crippen LogP contribution < -0.4 is 9.46 Å². The Bertz CT molecular complexity index is 964. The van der Waals surface area contributed by atoms with Gasteiger partial charge in [-0.2, -0.15) is 5.10 Å². The number of anilines is 1. The van der Waals surface area contributed by atoms with Gasteiger partial charge in [-0.3, -0.25) is 4.72 Å². The fourth-order valence-corrected chi connectivity index (χ4v) is 3.61. The average molecular weight is 343 g/mol. The number of hydrogen-bond donors (Lipinski definition) is 1. The summed E-state index contributed by atoms with van der Waals surface area (Å²) in [5, 5.41) is 4.23. The van der Waals surface area contributed by atoms with Crippen molar-refractivity contribution in [3.63, 3.8) is 0 Å². The lowest BCUT2D eigenvalue weighted by Gasteiger charge is -2.12. The van der Waals surface area contributed by atoms with E-state index in [4.69, 9.17) is 4.74 Å². The predicted octanol–water partition coefficient (Wildman–Crippen LogP) is 2.99. The summed E-state index contributed by atoms with van der Waals surface area (Å²) in [7, 11) is -2.32. The van der Waals surface area contributed by atoms with Gasteiger partial charge in [0, 0.05) is 11.9 Å². The van der Waals surface area contributed by atoms with Crippen LogP contribution >= 0.6 is 0 Å². The molecule has 1 aromatic heterocycles. The third-order valence-corrected chi connectivity index (χ3v) is 4.95. The Hall–Kier alpha value is -2.80. The first-order chi connectivity index (χ1) is 11.5. The van der Waals surface area contributed by atoms with Crippen molar-refractivity contribution in [2.75, 3.05) is 11.8 Å². The van der Waals surface area contributed by atoms with Crippen LogP contribution in [-0.2, 0) is 10.0 Å². The zero-order chi connectivity index (χ0) is 17.2. The van der Waals surface area contributed by atoms with Crippen LogP contribution in [0.3, 0.4) is 0 Å². The Morgan fingerprint density at radius 2 is 1.88 bits per heavy atom. The van der Waals surface area contributed by atoms with Gasteiger partial charge in [-0.1, -0.05) is 18.2 Å². The van der Waals surface area contributed by atoms with Crippen molar-refractivity contribution in [3.8, 4) is 11.4 Å². The number of nitrogens with zero attached hydrogens (tertiary/aromatic N) is 2. The van der Waals surface area contributed by atoms with E-state index in [1.165, 1.54) is 13.2 Å². The molecule has 3 rings (SSSR count). The Labute approximate surface area is 140 Å². The van der Waals surface area contributed by atoms with Gasteiger partial charge in [0.25, 0.3) is 10.0 Å². The minimum atomic E-state index is -3.76. The average Bonchev–Trinajstić information content (AvgIpc) is 3.01. The summed E-state index contributed by atoms with van der Waals surface area (Å²) in [6, 6.07) is 15.4. The van der Waals surface area contributed by atoms with E-state index in [-0.39, 0.29) is 4.90 Å². The monoisotopic (exact) mass is 343 g/mol. The molecule has 24 heavy (non-hydrogen) atoms. The van der Waals surface area contributed by atoms with Gasteiger partial charge in [-0.25, -0.2) is 13.1 Å². The number of methoxy groups -OCH3 is 1. The van der Waals surface area contributed by atoms with E-state index in [0.29, 0.717) is 11.4 Å². The van der Waals surface area contributed by atoms with Crippen LogP contribution in [0, 0.1) is 6.92 Å². The highest BCUT2D eigenvalue weighted by atomic mass is 32.2.